The second kappa shape index (κ2) is 12.9. The quantitative estimate of drug-likeness (QED) is 0.116. The minimum atomic E-state index is -0.618. The molecule has 248 valence electrons. The third-order valence-electron chi connectivity index (χ3n) is 10.8. The van der Waals surface area contributed by atoms with Gasteiger partial charge in [0.25, 0.3) is 0 Å². The Labute approximate surface area is 291 Å². The van der Waals surface area contributed by atoms with Gasteiger partial charge in [0.1, 0.15) is 17.3 Å². The van der Waals surface area contributed by atoms with Crippen molar-refractivity contribution in [2.24, 2.45) is 11.8 Å². The first-order chi connectivity index (χ1) is 24.5. The second-order valence-corrected chi connectivity index (χ2v) is 13.3. The Kier molecular flexibility index (Phi) is 8.15. The third-order valence-corrected chi connectivity index (χ3v) is 10.8. The first-order valence-corrected chi connectivity index (χ1v) is 17.0. The van der Waals surface area contributed by atoms with Gasteiger partial charge < -0.3 is 14.2 Å². The highest BCUT2D eigenvalue weighted by atomic mass is 16.5. The van der Waals surface area contributed by atoms with E-state index in [-0.39, 0.29) is 41.7 Å². The Hall–Kier alpha value is -5.75. The van der Waals surface area contributed by atoms with Crippen LogP contribution in [0.5, 0.6) is 11.5 Å². The summed E-state index contributed by atoms with van der Waals surface area (Å²) >= 11 is 0. The molecule has 50 heavy (non-hydrogen) atoms. The van der Waals surface area contributed by atoms with Gasteiger partial charge in [0.2, 0.25) is 0 Å². The fourth-order valence-electron chi connectivity index (χ4n) is 8.59. The van der Waals surface area contributed by atoms with E-state index in [4.69, 9.17) is 14.2 Å². The average molecular weight is 661 g/mol. The van der Waals surface area contributed by atoms with Crippen molar-refractivity contribution in [1.82, 2.24) is 0 Å². The minimum Gasteiger partial charge on any atom is -0.497 e. The fourth-order valence-corrected chi connectivity index (χ4v) is 8.59. The summed E-state index contributed by atoms with van der Waals surface area (Å²) in [4.78, 5) is 43.3. The zero-order valence-electron chi connectivity index (χ0n) is 27.8. The van der Waals surface area contributed by atoms with Gasteiger partial charge in [-0.15, -0.1) is 0 Å². The molecule has 0 fully saturated rings. The largest absolute Gasteiger partial charge is 0.497 e. The third kappa shape index (κ3) is 5.32. The van der Waals surface area contributed by atoms with Crippen LogP contribution in [0.15, 0.2) is 133 Å². The van der Waals surface area contributed by atoms with Gasteiger partial charge in [-0.2, -0.15) is 0 Å². The monoisotopic (exact) mass is 660 g/mol. The van der Waals surface area contributed by atoms with E-state index in [1.807, 2.05) is 60.7 Å². The van der Waals surface area contributed by atoms with Crippen LogP contribution in [-0.4, -0.2) is 31.8 Å². The molecule has 0 amide bonds. The van der Waals surface area contributed by atoms with Crippen LogP contribution in [0, 0.1) is 11.8 Å². The molecule has 2 aliphatic carbocycles. The lowest BCUT2D eigenvalue weighted by molar-refractivity contribution is -0.143. The molecule has 6 heteroatoms. The second-order valence-electron chi connectivity index (χ2n) is 13.3. The van der Waals surface area contributed by atoms with Crippen molar-refractivity contribution >= 4 is 23.3 Å². The van der Waals surface area contributed by atoms with Gasteiger partial charge in [0.05, 0.1) is 20.1 Å². The van der Waals surface area contributed by atoms with Crippen LogP contribution in [0.25, 0.3) is 5.76 Å². The Morgan fingerprint density at radius 3 is 1.76 bits per heavy atom. The lowest BCUT2D eigenvalue weighted by atomic mass is 9.68. The van der Waals surface area contributed by atoms with Gasteiger partial charge in [0, 0.05) is 52.7 Å². The maximum absolute atomic E-state index is 15.0. The molecule has 1 heterocycles. The van der Waals surface area contributed by atoms with Crippen LogP contribution in [-0.2, 0) is 9.53 Å². The van der Waals surface area contributed by atoms with Crippen molar-refractivity contribution in [2.75, 3.05) is 14.2 Å². The van der Waals surface area contributed by atoms with Crippen molar-refractivity contribution in [1.29, 1.82) is 0 Å². The molecule has 0 aromatic heterocycles. The number of esters is 1. The standard InChI is InChI=1S/C44H36O6/c1-48-29-20-16-26(17-21-29)37(45)24-35-31-12-6-8-14-33(31)39(41(35)43(46)28-18-22-30(49-2)23-19-28)40-34-15-9-7-13-32(34)36-25-38(50-44(47)42(36)40)27-10-4-3-5-11-27/h3-23,25,35-36,39-42H,24H2,1-2H3/t35-,36-,39?,40+,41+,42-/m1/s1. The van der Waals surface area contributed by atoms with Crippen molar-refractivity contribution in [3.05, 3.63) is 172 Å². The molecule has 1 aliphatic heterocycles. The van der Waals surface area contributed by atoms with E-state index in [1.165, 1.54) is 0 Å². The van der Waals surface area contributed by atoms with Crippen LogP contribution in [0.2, 0.25) is 0 Å². The van der Waals surface area contributed by atoms with E-state index in [2.05, 4.69) is 24.3 Å². The summed E-state index contributed by atoms with van der Waals surface area (Å²) in [5, 5.41) is 0. The predicted molar refractivity (Wildman–Crippen MR) is 191 cm³/mol. The van der Waals surface area contributed by atoms with Gasteiger partial charge in [0.15, 0.2) is 11.6 Å². The lowest BCUT2D eigenvalue weighted by Gasteiger charge is -2.34. The number of hydrogen-bond donors (Lipinski definition) is 0. The van der Waals surface area contributed by atoms with E-state index in [0.717, 1.165) is 27.8 Å². The Balaban J connectivity index is 1.27. The Bertz CT molecular complexity index is 2110. The number of rotatable bonds is 9. The summed E-state index contributed by atoms with van der Waals surface area (Å²) in [5.74, 6) is -1.10. The van der Waals surface area contributed by atoms with E-state index < -0.39 is 17.8 Å². The molecule has 5 aromatic carbocycles. The fraction of sp³-hybridized carbons (Fsp3) is 0.205. The van der Waals surface area contributed by atoms with Crippen LogP contribution in [0.1, 0.15) is 78.6 Å². The molecule has 0 bridgehead atoms. The van der Waals surface area contributed by atoms with Crippen LogP contribution in [0.3, 0.4) is 0 Å². The predicted octanol–water partition coefficient (Wildman–Crippen LogP) is 8.75. The SMILES string of the molecule is COc1ccc(C(=O)C[C@@H]2c3ccccc3C([C@@H]3c4ccccc4[C@H]4C=C(c5ccccc5)OC(=O)[C@H]43)[C@H]2C(=O)c2ccc(OC)cc2)cc1. The number of ether oxygens (including phenoxy) is 3. The number of hydrogen-bond acceptors (Lipinski definition) is 6. The molecule has 0 saturated heterocycles. The van der Waals surface area contributed by atoms with Gasteiger partial charge >= 0.3 is 5.97 Å². The van der Waals surface area contributed by atoms with Gasteiger partial charge in [-0.05, 0) is 76.9 Å². The molecule has 0 N–H and O–H groups in total. The maximum Gasteiger partial charge on any atom is 0.315 e. The summed E-state index contributed by atoms with van der Waals surface area (Å²) in [6.45, 7) is 0. The van der Waals surface area contributed by atoms with E-state index in [9.17, 15) is 14.4 Å². The molecule has 0 spiro atoms. The maximum atomic E-state index is 15.0. The van der Waals surface area contributed by atoms with Crippen molar-refractivity contribution in [2.45, 2.75) is 30.1 Å². The first-order valence-electron chi connectivity index (χ1n) is 17.0. The molecule has 8 rings (SSSR count). The summed E-state index contributed by atoms with van der Waals surface area (Å²) < 4.78 is 16.8. The first kappa shape index (κ1) is 31.5. The average Bonchev–Trinajstić information content (AvgIpc) is 3.67. The minimum absolute atomic E-state index is 0.0575. The number of ketones is 2. The molecule has 3 aliphatic rings. The van der Waals surface area contributed by atoms with Gasteiger partial charge in [-0.25, -0.2) is 0 Å². The van der Waals surface area contributed by atoms with E-state index in [1.54, 1.807) is 62.8 Å². The highest BCUT2D eigenvalue weighted by molar-refractivity contribution is 6.02. The summed E-state index contributed by atoms with van der Waals surface area (Å²) in [6, 6.07) is 40.2. The van der Waals surface area contributed by atoms with Crippen LogP contribution < -0.4 is 9.47 Å². The normalized spacial score (nSPS) is 23.2. The van der Waals surface area contributed by atoms with Gasteiger partial charge in [-0.1, -0.05) is 78.9 Å². The topological polar surface area (TPSA) is 78.9 Å². The van der Waals surface area contributed by atoms with E-state index >= 15 is 0 Å². The number of cyclic esters (lactones) is 1. The number of Topliss-reactive ketones (excluding diaryl/α,β-unsaturated/α-hetero) is 2. The molecular weight excluding hydrogens is 624 g/mol. The van der Waals surface area contributed by atoms with Crippen LogP contribution in [0.4, 0.5) is 0 Å². The highest BCUT2D eigenvalue weighted by Crippen LogP contribution is 2.63. The highest BCUT2D eigenvalue weighted by Gasteiger charge is 2.57. The number of allylic oxidation sites excluding steroid dienone is 1. The molecule has 5 aromatic rings. The van der Waals surface area contributed by atoms with Gasteiger partial charge in [-0.3, -0.25) is 14.4 Å². The van der Waals surface area contributed by atoms with Crippen molar-refractivity contribution in [3.8, 4) is 11.5 Å². The number of carbonyl (C=O) groups excluding carboxylic acids is 3. The van der Waals surface area contributed by atoms with Crippen LogP contribution >= 0.6 is 0 Å². The lowest BCUT2D eigenvalue weighted by Crippen LogP contribution is -2.34. The zero-order valence-corrected chi connectivity index (χ0v) is 27.8. The molecule has 0 saturated carbocycles. The number of methoxy groups -OCH3 is 2. The molecule has 6 atom stereocenters. The molecule has 0 radical (unpaired) electrons. The smallest absolute Gasteiger partial charge is 0.315 e. The number of carbonyl (C=O) groups is 3. The molecule has 1 unspecified atom stereocenters. The van der Waals surface area contributed by atoms with Crippen molar-refractivity contribution in [3.63, 3.8) is 0 Å². The number of benzene rings is 5. The van der Waals surface area contributed by atoms with Crippen molar-refractivity contribution < 1.29 is 28.6 Å². The Morgan fingerprint density at radius 2 is 1.14 bits per heavy atom. The summed E-state index contributed by atoms with van der Waals surface area (Å²) in [7, 11) is 3.18. The zero-order chi connectivity index (χ0) is 34.4. The Morgan fingerprint density at radius 1 is 0.600 bits per heavy atom. The van der Waals surface area contributed by atoms with E-state index in [0.29, 0.717) is 28.4 Å². The molecular formula is C44H36O6. The summed E-state index contributed by atoms with van der Waals surface area (Å²) in [5.41, 5.74) is 6.02. The summed E-state index contributed by atoms with van der Waals surface area (Å²) in [6.07, 6.45) is 2.21. The number of fused-ring (bicyclic) bond motifs is 4. The molecule has 6 nitrogen and oxygen atoms in total.